The maximum atomic E-state index is 13.4. The van der Waals surface area contributed by atoms with Crippen LogP contribution in [0.2, 0.25) is 0 Å². The highest BCUT2D eigenvalue weighted by atomic mass is 32.2. The van der Waals surface area contributed by atoms with Gasteiger partial charge in [-0.05, 0) is 37.1 Å². The first kappa shape index (κ1) is 22.4. The van der Waals surface area contributed by atoms with Gasteiger partial charge in [-0.3, -0.25) is 10.8 Å². The van der Waals surface area contributed by atoms with Crippen LogP contribution in [-0.4, -0.2) is 56.9 Å². The van der Waals surface area contributed by atoms with Gasteiger partial charge >= 0.3 is 0 Å². The average Bonchev–Trinajstić information content (AvgIpc) is 2.77. The summed E-state index contributed by atoms with van der Waals surface area (Å²) in [4.78, 5) is 7.16. The van der Waals surface area contributed by atoms with Crippen molar-refractivity contribution in [3.8, 4) is 17.2 Å². The third-order valence-electron chi connectivity index (χ3n) is 5.44. The summed E-state index contributed by atoms with van der Waals surface area (Å²) in [5, 5.41) is 25.3. The Labute approximate surface area is 180 Å². The second-order valence-corrected chi connectivity index (χ2v) is 9.52. The molecule has 0 atom stereocenters. The third-order valence-corrected chi connectivity index (χ3v) is 6.53. The minimum atomic E-state index is -3.57. The molecular weight excluding hydrogens is 419 g/mol. The van der Waals surface area contributed by atoms with E-state index in [1.807, 2.05) is 4.90 Å². The fraction of sp³-hybridized carbons (Fsp3) is 0.333. The number of aromatic nitrogens is 1. The van der Waals surface area contributed by atoms with E-state index in [-0.39, 0.29) is 16.4 Å². The monoisotopic (exact) mass is 442 g/mol. The molecule has 162 valence electrons. The summed E-state index contributed by atoms with van der Waals surface area (Å²) < 4.78 is 37.8. The number of anilines is 1. The van der Waals surface area contributed by atoms with E-state index >= 15 is 0 Å². The molecule has 2 aromatic rings. The zero-order valence-corrected chi connectivity index (χ0v) is 18.1. The van der Waals surface area contributed by atoms with Crippen LogP contribution >= 0.6 is 0 Å². The highest BCUT2D eigenvalue weighted by Crippen LogP contribution is 2.38. The lowest BCUT2D eigenvalue weighted by molar-refractivity contribution is 0.473. The van der Waals surface area contributed by atoms with Crippen molar-refractivity contribution in [1.82, 2.24) is 9.88 Å². The topological polar surface area (TPSA) is 125 Å². The Morgan fingerprint density at radius 1 is 1.35 bits per heavy atom. The Bertz CT molecular complexity index is 1150. The number of hydrogen-bond acceptors (Lipinski definition) is 7. The summed E-state index contributed by atoms with van der Waals surface area (Å²) in [7, 11) is -1.91. The number of piperidine rings is 1. The van der Waals surface area contributed by atoms with Crippen LogP contribution in [0.3, 0.4) is 0 Å². The van der Waals surface area contributed by atoms with Crippen molar-refractivity contribution >= 4 is 27.7 Å². The van der Waals surface area contributed by atoms with Crippen molar-refractivity contribution in [2.45, 2.75) is 17.7 Å². The molecule has 1 aliphatic heterocycles. The van der Waals surface area contributed by atoms with Crippen LogP contribution in [-0.2, 0) is 9.84 Å². The van der Waals surface area contributed by atoms with Crippen molar-refractivity contribution in [3.05, 3.63) is 42.0 Å². The summed E-state index contributed by atoms with van der Waals surface area (Å²) in [5.41, 5.74) is 1.80. The first-order valence-electron chi connectivity index (χ1n) is 9.62. The lowest BCUT2D eigenvalue weighted by Gasteiger charge is -2.36. The second kappa shape index (κ2) is 8.81. The van der Waals surface area contributed by atoms with Crippen molar-refractivity contribution in [1.29, 1.82) is 16.1 Å². The standard InChI is InChI=1S/C21H23FN6O2S/c1-27(13-24)21(25)14-5-7-28(8-6-14)20-16(11-23)9-17(31(2,29)30)10-18(20)15-3-4-19(22)26-12-15/h3-4,9-10,12-14,24-25H,5-8H2,1-2H3. The Balaban J connectivity index is 2.05. The molecule has 31 heavy (non-hydrogen) atoms. The molecule has 2 N–H and O–H groups in total. The Hall–Kier alpha value is -3.32. The van der Waals surface area contributed by atoms with Crippen LogP contribution in [0, 0.1) is 34.0 Å². The van der Waals surface area contributed by atoms with E-state index in [2.05, 4.69) is 11.1 Å². The molecule has 10 heteroatoms. The van der Waals surface area contributed by atoms with Gasteiger partial charge in [0.05, 0.1) is 22.5 Å². The average molecular weight is 443 g/mol. The SMILES string of the molecule is CN(C=N)C(=N)C1CCN(c2c(C#N)cc(S(C)(=O)=O)cc2-c2ccc(F)nc2)CC1. The summed E-state index contributed by atoms with van der Waals surface area (Å²) in [5.74, 6) is -0.301. The number of rotatable bonds is 5. The van der Waals surface area contributed by atoms with Gasteiger partial charge in [0.25, 0.3) is 0 Å². The first-order valence-corrected chi connectivity index (χ1v) is 11.5. The predicted molar refractivity (Wildman–Crippen MR) is 117 cm³/mol. The number of nitriles is 1. The number of amidine groups is 1. The van der Waals surface area contributed by atoms with Gasteiger partial charge in [-0.2, -0.15) is 9.65 Å². The number of nitrogens with one attached hydrogen (secondary N) is 2. The zero-order chi connectivity index (χ0) is 22.8. The van der Waals surface area contributed by atoms with Crippen molar-refractivity contribution in [3.63, 3.8) is 0 Å². The number of sulfone groups is 1. The van der Waals surface area contributed by atoms with Gasteiger partial charge in [-0.25, -0.2) is 13.4 Å². The van der Waals surface area contributed by atoms with Crippen molar-refractivity contribution in [2.24, 2.45) is 5.92 Å². The molecule has 1 aliphatic rings. The zero-order valence-electron chi connectivity index (χ0n) is 17.3. The molecule has 0 amide bonds. The van der Waals surface area contributed by atoms with Crippen LogP contribution in [0.1, 0.15) is 18.4 Å². The van der Waals surface area contributed by atoms with Crippen molar-refractivity contribution < 1.29 is 12.8 Å². The molecule has 0 radical (unpaired) electrons. The number of pyridine rings is 1. The molecule has 1 aromatic carbocycles. The molecule has 1 fully saturated rings. The molecule has 1 saturated heterocycles. The summed E-state index contributed by atoms with van der Waals surface area (Å²) >= 11 is 0. The molecule has 0 saturated carbocycles. The maximum absolute atomic E-state index is 13.4. The van der Waals surface area contributed by atoms with Crippen LogP contribution in [0.4, 0.5) is 10.1 Å². The molecule has 0 spiro atoms. The number of hydrogen-bond donors (Lipinski definition) is 2. The highest BCUT2D eigenvalue weighted by Gasteiger charge is 2.28. The third kappa shape index (κ3) is 4.72. The van der Waals surface area contributed by atoms with Gasteiger partial charge in [-0.15, -0.1) is 0 Å². The van der Waals surface area contributed by atoms with E-state index in [1.54, 1.807) is 7.05 Å². The first-order chi connectivity index (χ1) is 14.7. The maximum Gasteiger partial charge on any atom is 0.212 e. The minimum Gasteiger partial charge on any atom is -0.370 e. The van der Waals surface area contributed by atoms with E-state index in [0.29, 0.717) is 48.6 Å². The van der Waals surface area contributed by atoms with Crippen LogP contribution in [0.15, 0.2) is 35.4 Å². The lowest BCUT2D eigenvalue weighted by atomic mass is 9.92. The molecule has 2 heterocycles. The van der Waals surface area contributed by atoms with E-state index in [1.165, 1.54) is 35.4 Å². The number of nitrogens with zero attached hydrogens (tertiary/aromatic N) is 4. The Morgan fingerprint density at radius 3 is 2.55 bits per heavy atom. The Morgan fingerprint density at radius 2 is 2.03 bits per heavy atom. The van der Waals surface area contributed by atoms with Gasteiger partial charge in [0.1, 0.15) is 11.9 Å². The highest BCUT2D eigenvalue weighted by molar-refractivity contribution is 7.90. The van der Waals surface area contributed by atoms with Gasteiger partial charge in [0, 0.05) is 49.6 Å². The van der Waals surface area contributed by atoms with E-state index in [9.17, 15) is 18.1 Å². The summed E-state index contributed by atoms with van der Waals surface area (Å²) in [6.45, 7) is 1.10. The molecule has 0 aliphatic carbocycles. The van der Waals surface area contributed by atoms with E-state index in [4.69, 9.17) is 10.8 Å². The molecule has 8 nitrogen and oxygen atoms in total. The molecule has 0 unspecified atom stereocenters. The second-order valence-electron chi connectivity index (χ2n) is 7.51. The van der Waals surface area contributed by atoms with Gasteiger partial charge in [0.2, 0.25) is 5.95 Å². The minimum absolute atomic E-state index is 0.0106. The largest absolute Gasteiger partial charge is 0.370 e. The fourth-order valence-corrected chi connectivity index (χ4v) is 4.40. The lowest BCUT2D eigenvalue weighted by Crippen LogP contribution is -2.41. The van der Waals surface area contributed by atoms with Gasteiger partial charge in [-0.1, -0.05) is 0 Å². The van der Waals surface area contributed by atoms with Gasteiger partial charge in [0.15, 0.2) is 9.84 Å². The molecule has 0 bridgehead atoms. The fourth-order valence-electron chi connectivity index (χ4n) is 3.74. The van der Waals surface area contributed by atoms with Crippen LogP contribution in [0.5, 0.6) is 0 Å². The molecule has 1 aromatic heterocycles. The smallest absolute Gasteiger partial charge is 0.212 e. The van der Waals surface area contributed by atoms with Crippen molar-refractivity contribution in [2.75, 3.05) is 31.3 Å². The quantitative estimate of drug-likeness (QED) is 0.417. The molecule has 3 rings (SSSR count). The Kier molecular flexibility index (Phi) is 6.36. The molecular formula is C21H23FN6O2S. The van der Waals surface area contributed by atoms with Gasteiger partial charge < -0.3 is 9.80 Å². The normalized spacial score (nSPS) is 14.7. The van der Waals surface area contributed by atoms with Crippen LogP contribution in [0.25, 0.3) is 11.1 Å². The predicted octanol–water partition coefficient (Wildman–Crippen LogP) is 2.90. The summed E-state index contributed by atoms with van der Waals surface area (Å²) in [6, 6.07) is 7.67. The van der Waals surface area contributed by atoms with E-state index in [0.717, 1.165) is 12.6 Å². The van der Waals surface area contributed by atoms with E-state index < -0.39 is 15.8 Å². The summed E-state index contributed by atoms with van der Waals surface area (Å²) in [6.07, 6.45) is 4.80. The van der Waals surface area contributed by atoms with Crippen LogP contribution < -0.4 is 4.90 Å². The number of halogens is 1. The number of benzene rings is 1.